The Morgan fingerprint density at radius 2 is 1.61 bits per heavy atom. The van der Waals surface area contributed by atoms with Crippen molar-refractivity contribution in [1.29, 1.82) is 0 Å². The number of aromatic nitrogens is 1. The van der Waals surface area contributed by atoms with Gasteiger partial charge in [0.2, 0.25) is 0 Å². The first-order chi connectivity index (χ1) is 11.3. The topological polar surface area (TPSA) is 42.4 Å². The molecule has 0 fully saturated rings. The zero-order valence-corrected chi connectivity index (χ0v) is 13.1. The number of anilines is 1. The molecule has 4 nitrogen and oxygen atoms in total. The van der Waals surface area contributed by atoms with Crippen molar-refractivity contribution in [3.8, 4) is 11.5 Å². The third-order valence-electron chi connectivity index (χ3n) is 3.18. The number of amides is 1. The van der Waals surface area contributed by atoms with Crippen molar-refractivity contribution >= 4 is 24.4 Å². The molecule has 23 heavy (non-hydrogen) atoms. The summed E-state index contributed by atoms with van der Waals surface area (Å²) in [6, 6.07) is 20.1. The third-order valence-corrected chi connectivity index (χ3v) is 3.59. The van der Waals surface area contributed by atoms with Crippen LogP contribution in [0.2, 0.25) is 0 Å². The van der Waals surface area contributed by atoms with Crippen molar-refractivity contribution in [1.82, 2.24) is 4.98 Å². The first-order valence-electron chi connectivity index (χ1n) is 7.01. The molecule has 0 N–H and O–H groups in total. The molecule has 5 heteroatoms. The quantitative estimate of drug-likeness (QED) is 0.726. The lowest BCUT2D eigenvalue weighted by molar-refractivity contribution is 0.100. The van der Waals surface area contributed by atoms with Crippen LogP contribution < -0.4 is 9.04 Å². The number of hydrogen-bond acceptors (Lipinski definition) is 4. The van der Waals surface area contributed by atoms with E-state index in [1.165, 1.54) is 10.5 Å². The van der Waals surface area contributed by atoms with Crippen LogP contribution in [0.25, 0.3) is 0 Å². The number of carbonyl (C=O) groups excluding carboxylic acids is 1. The van der Waals surface area contributed by atoms with Crippen LogP contribution in [0.1, 0.15) is 10.4 Å². The molecule has 1 amide bonds. The lowest BCUT2D eigenvalue weighted by Gasteiger charge is -2.17. The van der Waals surface area contributed by atoms with Crippen molar-refractivity contribution < 1.29 is 9.53 Å². The van der Waals surface area contributed by atoms with E-state index in [-0.39, 0.29) is 5.91 Å². The maximum Gasteiger partial charge on any atom is 0.273 e. The second kappa shape index (κ2) is 6.98. The number of pyridine rings is 1. The maximum absolute atomic E-state index is 12.7. The second-order valence-corrected chi connectivity index (χ2v) is 5.14. The zero-order chi connectivity index (χ0) is 16.1. The number of ether oxygens (including phenoxy) is 1. The molecule has 0 radical (unpaired) electrons. The lowest BCUT2D eigenvalue weighted by Crippen LogP contribution is -2.21. The Bertz CT molecular complexity index is 794. The minimum atomic E-state index is -0.307. The summed E-state index contributed by atoms with van der Waals surface area (Å²) in [5.74, 6) is 0.780. The standard InChI is InChI=1S/C18H14N2O2S/c21-18(20(23)14-7-3-1-4-8-14)16-13-19-12-11-17(16)22-15-9-5-2-6-10-15/h1-13,23H. The first kappa shape index (κ1) is 15.1. The first-order valence-corrected chi connectivity index (χ1v) is 7.41. The Kier molecular flexibility index (Phi) is 4.59. The van der Waals surface area contributed by atoms with E-state index < -0.39 is 0 Å². The van der Waals surface area contributed by atoms with Crippen LogP contribution in [0.5, 0.6) is 11.5 Å². The van der Waals surface area contributed by atoms with Gasteiger partial charge in [-0.1, -0.05) is 49.2 Å². The summed E-state index contributed by atoms with van der Waals surface area (Å²) < 4.78 is 7.07. The number of thiol groups is 1. The second-order valence-electron chi connectivity index (χ2n) is 4.74. The fourth-order valence-corrected chi connectivity index (χ4v) is 2.29. The van der Waals surface area contributed by atoms with E-state index in [0.717, 1.165) is 0 Å². The molecule has 0 saturated carbocycles. The van der Waals surface area contributed by atoms with Crippen LogP contribution in [0.15, 0.2) is 79.1 Å². The number of hydrogen-bond donors (Lipinski definition) is 1. The van der Waals surface area contributed by atoms with E-state index in [4.69, 9.17) is 4.74 Å². The summed E-state index contributed by atoms with van der Waals surface area (Å²) in [6.07, 6.45) is 3.06. The van der Waals surface area contributed by atoms with Crippen LogP contribution in [0.3, 0.4) is 0 Å². The molecule has 0 unspecified atom stereocenters. The fraction of sp³-hybridized carbons (Fsp3) is 0. The maximum atomic E-state index is 12.7. The van der Waals surface area contributed by atoms with Gasteiger partial charge in [-0.05, 0) is 30.3 Å². The van der Waals surface area contributed by atoms with Gasteiger partial charge in [-0.3, -0.25) is 14.1 Å². The minimum absolute atomic E-state index is 0.307. The van der Waals surface area contributed by atoms with Gasteiger partial charge in [0.15, 0.2) is 0 Å². The molecule has 0 aliphatic rings. The SMILES string of the molecule is O=C(c1cnccc1Oc1ccccc1)N(S)c1ccccc1. The molecule has 0 aliphatic carbocycles. The van der Waals surface area contributed by atoms with E-state index in [2.05, 4.69) is 17.8 Å². The molecular formula is C18H14N2O2S. The van der Waals surface area contributed by atoms with Crippen LogP contribution in [-0.2, 0) is 0 Å². The number of para-hydroxylation sites is 2. The molecule has 3 rings (SSSR count). The minimum Gasteiger partial charge on any atom is -0.456 e. The number of carbonyl (C=O) groups is 1. The van der Waals surface area contributed by atoms with Crippen LogP contribution in [0, 0.1) is 0 Å². The van der Waals surface area contributed by atoms with E-state index in [1.807, 2.05) is 48.5 Å². The lowest BCUT2D eigenvalue weighted by atomic mass is 10.2. The smallest absolute Gasteiger partial charge is 0.273 e. The van der Waals surface area contributed by atoms with Crippen LogP contribution in [0.4, 0.5) is 5.69 Å². The molecule has 3 aromatic rings. The highest BCUT2D eigenvalue weighted by atomic mass is 32.1. The predicted molar refractivity (Wildman–Crippen MR) is 93.0 cm³/mol. The number of nitrogens with zero attached hydrogens (tertiary/aromatic N) is 2. The largest absolute Gasteiger partial charge is 0.456 e. The van der Waals surface area contributed by atoms with Gasteiger partial charge < -0.3 is 4.74 Å². The zero-order valence-electron chi connectivity index (χ0n) is 12.2. The van der Waals surface area contributed by atoms with Crippen molar-refractivity contribution in [2.75, 3.05) is 4.31 Å². The highest BCUT2D eigenvalue weighted by Crippen LogP contribution is 2.27. The molecule has 1 heterocycles. The number of rotatable bonds is 4. The van der Waals surface area contributed by atoms with E-state index in [0.29, 0.717) is 22.7 Å². The summed E-state index contributed by atoms with van der Waals surface area (Å²) in [6.45, 7) is 0. The summed E-state index contributed by atoms with van der Waals surface area (Å²) in [5, 5.41) is 0. The summed E-state index contributed by atoms with van der Waals surface area (Å²) in [7, 11) is 0. The van der Waals surface area contributed by atoms with Gasteiger partial charge >= 0.3 is 0 Å². The molecule has 0 spiro atoms. The van der Waals surface area contributed by atoms with Crippen LogP contribution >= 0.6 is 12.8 Å². The Hall–Kier alpha value is -2.79. The Morgan fingerprint density at radius 3 is 2.30 bits per heavy atom. The van der Waals surface area contributed by atoms with Gasteiger partial charge in [0.25, 0.3) is 5.91 Å². The summed E-state index contributed by atoms with van der Waals surface area (Å²) in [4.78, 5) is 16.7. The molecule has 0 bridgehead atoms. The van der Waals surface area contributed by atoms with Gasteiger partial charge in [-0.25, -0.2) is 0 Å². The Labute approximate surface area is 139 Å². The average molecular weight is 322 g/mol. The Balaban J connectivity index is 1.89. The van der Waals surface area contributed by atoms with Crippen molar-refractivity contribution in [3.05, 3.63) is 84.7 Å². The fourth-order valence-electron chi connectivity index (χ4n) is 2.05. The van der Waals surface area contributed by atoms with E-state index >= 15 is 0 Å². The predicted octanol–water partition coefficient (Wildman–Crippen LogP) is 4.37. The molecule has 1 aromatic heterocycles. The molecule has 2 aromatic carbocycles. The molecule has 0 atom stereocenters. The van der Waals surface area contributed by atoms with Crippen molar-refractivity contribution in [3.63, 3.8) is 0 Å². The van der Waals surface area contributed by atoms with Crippen LogP contribution in [-0.4, -0.2) is 10.9 Å². The molecular weight excluding hydrogens is 308 g/mol. The highest BCUT2D eigenvalue weighted by Gasteiger charge is 2.19. The highest BCUT2D eigenvalue weighted by molar-refractivity contribution is 7.82. The molecule has 0 aliphatic heterocycles. The summed E-state index contributed by atoms with van der Waals surface area (Å²) >= 11 is 4.30. The summed E-state index contributed by atoms with van der Waals surface area (Å²) in [5.41, 5.74) is 1.02. The van der Waals surface area contributed by atoms with E-state index in [9.17, 15) is 4.79 Å². The van der Waals surface area contributed by atoms with E-state index in [1.54, 1.807) is 24.4 Å². The van der Waals surface area contributed by atoms with Crippen molar-refractivity contribution in [2.24, 2.45) is 0 Å². The van der Waals surface area contributed by atoms with Gasteiger partial charge in [0.1, 0.15) is 17.1 Å². The molecule has 114 valence electrons. The monoisotopic (exact) mass is 322 g/mol. The van der Waals surface area contributed by atoms with Gasteiger partial charge in [-0.2, -0.15) is 0 Å². The molecule has 0 saturated heterocycles. The van der Waals surface area contributed by atoms with Crippen molar-refractivity contribution in [2.45, 2.75) is 0 Å². The normalized spacial score (nSPS) is 10.1. The van der Waals surface area contributed by atoms with Gasteiger partial charge in [-0.15, -0.1) is 0 Å². The van der Waals surface area contributed by atoms with Gasteiger partial charge in [0, 0.05) is 12.4 Å². The average Bonchev–Trinajstić information content (AvgIpc) is 2.62. The number of benzene rings is 2. The third kappa shape index (κ3) is 3.52. The van der Waals surface area contributed by atoms with Gasteiger partial charge in [0.05, 0.1) is 5.69 Å². The Morgan fingerprint density at radius 1 is 0.957 bits per heavy atom.